The molecule has 0 aromatic carbocycles. The molecule has 0 atom stereocenters. The maximum absolute atomic E-state index is 11.7. The van der Waals surface area contributed by atoms with Crippen molar-refractivity contribution < 1.29 is 8.42 Å². The van der Waals surface area contributed by atoms with E-state index in [0.29, 0.717) is 16.6 Å². The lowest BCUT2D eigenvalue weighted by molar-refractivity contribution is 0.464. The molecule has 6 heteroatoms. The Bertz CT molecular complexity index is 472. The number of hydrogen-bond acceptors (Lipinski definition) is 3. The molecule has 1 aromatic heterocycles. The van der Waals surface area contributed by atoms with E-state index in [1.165, 1.54) is 19.9 Å². The second kappa shape index (κ2) is 4.18. The van der Waals surface area contributed by atoms with Crippen molar-refractivity contribution in [3.63, 3.8) is 0 Å². The summed E-state index contributed by atoms with van der Waals surface area (Å²) in [6.07, 6.45) is 6.26. The zero-order valence-corrected chi connectivity index (χ0v) is 10.4. The number of sulfonamides is 1. The van der Waals surface area contributed by atoms with Crippen molar-refractivity contribution in [2.24, 2.45) is 0 Å². The molecular weight excluding hydrogens is 226 g/mol. The summed E-state index contributed by atoms with van der Waals surface area (Å²) in [4.78, 5) is 0.293. The first-order valence-electron chi connectivity index (χ1n) is 5.54. The van der Waals surface area contributed by atoms with Gasteiger partial charge < -0.3 is 0 Å². The number of aryl methyl sites for hydroxylation is 1. The molecule has 1 aliphatic carbocycles. The Labute approximate surface area is 95.9 Å². The molecule has 1 aromatic rings. The Morgan fingerprint density at radius 2 is 2.06 bits per heavy atom. The van der Waals surface area contributed by atoms with Gasteiger partial charge in [-0.05, 0) is 26.8 Å². The third-order valence-corrected chi connectivity index (χ3v) is 4.65. The molecule has 1 N–H and O–H groups in total. The molecule has 16 heavy (non-hydrogen) atoms. The highest BCUT2D eigenvalue weighted by molar-refractivity contribution is 7.89. The minimum absolute atomic E-state index is 0.293. The molecule has 1 fully saturated rings. The van der Waals surface area contributed by atoms with E-state index in [-0.39, 0.29) is 0 Å². The maximum Gasteiger partial charge on any atom is 0.243 e. The Morgan fingerprint density at radius 3 is 2.62 bits per heavy atom. The lowest BCUT2D eigenvalue weighted by Crippen LogP contribution is -2.18. The summed E-state index contributed by atoms with van der Waals surface area (Å²) in [7, 11) is -1.95. The van der Waals surface area contributed by atoms with E-state index in [0.717, 1.165) is 12.8 Å². The number of hydrogen-bond donors (Lipinski definition) is 1. The van der Waals surface area contributed by atoms with Crippen molar-refractivity contribution in [1.82, 2.24) is 14.5 Å². The smallest absolute Gasteiger partial charge is 0.243 e. The quantitative estimate of drug-likeness (QED) is 0.868. The Balaban J connectivity index is 2.35. The molecule has 0 radical (unpaired) electrons. The van der Waals surface area contributed by atoms with Gasteiger partial charge in [-0.3, -0.25) is 4.68 Å². The monoisotopic (exact) mass is 243 g/mol. The van der Waals surface area contributed by atoms with Crippen LogP contribution in [0.3, 0.4) is 0 Å². The van der Waals surface area contributed by atoms with Gasteiger partial charge in [0, 0.05) is 6.20 Å². The first-order chi connectivity index (χ1) is 7.54. The lowest BCUT2D eigenvalue weighted by Gasteiger charge is -2.08. The van der Waals surface area contributed by atoms with E-state index in [1.54, 1.807) is 13.1 Å². The highest BCUT2D eigenvalue weighted by atomic mass is 32.2. The summed E-state index contributed by atoms with van der Waals surface area (Å²) >= 11 is 0. The van der Waals surface area contributed by atoms with Gasteiger partial charge in [0.15, 0.2) is 0 Å². The molecule has 0 saturated heterocycles. The number of aromatic nitrogens is 2. The maximum atomic E-state index is 11.7. The molecule has 0 spiro atoms. The van der Waals surface area contributed by atoms with Gasteiger partial charge in [-0.2, -0.15) is 5.10 Å². The fraction of sp³-hybridized carbons (Fsp3) is 0.700. The second-order valence-electron chi connectivity index (χ2n) is 4.20. The fourth-order valence-electron chi connectivity index (χ4n) is 2.19. The zero-order valence-electron chi connectivity index (χ0n) is 9.60. The number of nitrogens with one attached hydrogen (secondary N) is 1. The van der Waals surface area contributed by atoms with Crippen LogP contribution in [0.4, 0.5) is 0 Å². The van der Waals surface area contributed by atoms with Crippen LogP contribution in [0.2, 0.25) is 0 Å². The number of nitrogens with zero attached hydrogens (tertiary/aromatic N) is 2. The molecule has 0 amide bonds. The summed E-state index contributed by atoms with van der Waals surface area (Å²) in [5.74, 6) is 0. The van der Waals surface area contributed by atoms with Crippen LogP contribution in [0.15, 0.2) is 11.1 Å². The minimum Gasteiger partial charge on any atom is -0.268 e. The van der Waals surface area contributed by atoms with Crippen molar-refractivity contribution in [3.05, 3.63) is 11.9 Å². The van der Waals surface area contributed by atoms with E-state index in [2.05, 4.69) is 9.82 Å². The van der Waals surface area contributed by atoms with E-state index in [9.17, 15) is 8.42 Å². The fourth-order valence-corrected chi connectivity index (χ4v) is 3.09. The van der Waals surface area contributed by atoms with Crippen molar-refractivity contribution in [2.75, 3.05) is 7.05 Å². The van der Waals surface area contributed by atoms with Crippen LogP contribution < -0.4 is 4.72 Å². The molecule has 0 unspecified atom stereocenters. The van der Waals surface area contributed by atoms with Crippen LogP contribution in [0.5, 0.6) is 0 Å². The van der Waals surface area contributed by atoms with Crippen LogP contribution in [0, 0.1) is 6.92 Å². The topological polar surface area (TPSA) is 64.0 Å². The van der Waals surface area contributed by atoms with Gasteiger partial charge in [0.25, 0.3) is 0 Å². The molecule has 90 valence electrons. The average Bonchev–Trinajstić information content (AvgIpc) is 2.85. The van der Waals surface area contributed by atoms with E-state index < -0.39 is 10.0 Å². The van der Waals surface area contributed by atoms with Gasteiger partial charge in [-0.1, -0.05) is 12.8 Å². The predicted molar refractivity (Wildman–Crippen MR) is 60.7 cm³/mol. The minimum atomic E-state index is -3.37. The van der Waals surface area contributed by atoms with E-state index in [1.807, 2.05) is 4.68 Å². The van der Waals surface area contributed by atoms with Crippen LogP contribution in [0.25, 0.3) is 0 Å². The van der Waals surface area contributed by atoms with Gasteiger partial charge in [0.05, 0.1) is 11.7 Å². The molecule has 1 saturated carbocycles. The SMILES string of the molecule is CNS(=O)(=O)c1cn(C2CCCC2)nc1C. The number of rotatable bonds is 3. The largest absolute Gasteiger partial charge is 0.268 e. The van der Waals surface area contributed by atoms with Gasteiger partial charge >= 0.3 is 0 Å². The molecule has 0 aliphatic heterocycles. The zero-order chi connectivity index (χ0) is 11.8. The predicted octanol–water partition coefficient (Wildman–Crippen LogP) is 1.21. The summed E-state index contributed by atoms with van der Waals surface area (Å²) in [5.41, 5.74) is 0.571. The van der Waals surface area contributed by atoms with E-state index in [4.69, 9.17) is 0 Å². The van der Waals surface area contributed by atoms with Crippen molar-refractivity contribution in [3.8, 4) is 0 Å². The van der Waals surface area contributed by atoms with Gasteiger partial charge in [-0.15, -0.1) is 0 Å². The molecular formula is C10H17N3O2S. The van der Waals surface area contributed by atoms with Crippen LogP contribution >= 0.6 is 0 Å². The second-order valence-corrected chi connectivity index (χ2v) is 6.06. The Hall–Kier alpha value is -0.880. The summed E-state index contributed by atoms with van der Waals surface area (Å²) < 4.78 is 27.5. The van der Waals surface area contributed by atoms with Crippen molar-refractivity contribution in [1.29, 1.82) is 0 Å². The summed E-state index contributed by atoms with van der Waals surface area (Å²) in [6.45, 7) is 1.73. The van der Waals surface area contributed by atoms with Gasteiger partial charge in [-0.25, -0.2) is 13.1 Å². The highest BCUT2D eigenvalue weighted by Crippen LogP contribution is 2.30. The first-order valence-corrected chi connectivity index (χ1v) is 7.02. The standard InChI is InChI=1S/C10H17N3O2S/c1-8-10(16(14,15)11-2)7-13(12-8)9-5-3-4-6-9/h7,9,11H,3-6H2,1-2H3. The Kier molecular flexibility index (Phi) is 3.03. The molecule has 5 nitrogen and oxygen atoms in total. The lowest BCUT2D eigenvalue weighted by atomic mass is 10.3. The third kappa shape index (κ3) is 1.99. The summed E-state index contributed by atoms with van der Waals surface area (Å²) in [5, 5.41) is 4.30. The van der Waals surface area contributed by atoms with Crippen molar-refractivity contribution in [2.45, 2.75) is 43.5 Å². The normalized spacial score (nSPS) is 18.1. The van der Waals surface area contributed by atoms with Gasteiger partial charge in [0.2, 0.25) is 10.0 Å². The average molecular weight is 243 g/mol. The molecule has 2 rings (SSSR count). The summed E-state index contributed by atoms with van der Waals surface area (Å²) in [6, 6.07) is 0.375. The van der Waals surface area contributed by atoms with Gasteiger partial charge in [0.1, 0.15) is 4.90 Å². The molecule has 1 aliphatic rings. The van der Waals surface area contributed by atoms with Crippen LogP contribution in [0.1, 0.15) is 37.4 Å². The highest BCUT2D eigenvalue weighted by Gasteiger charge is 2.23. The molecule has 1 heterocycles. The van der Waals surface area contributed by atoms with Crippen LogP contribution in [-0.2, 0) is 10.0 Å². The van der Waals surface area contributed by atoms with E-state index >= 15 is 0 Å². The van der Waals surface area contributed by atoms with Crippen molar-refractivity contribution >= 4 is 10.0 Å². The van der Waals surface area contributed by atoms with Crippen LogP contribution in [-0.4, -0.2) is 25.2 Å². The Morgan fingerprint density at radius 1 is 1.44 bits per heavy atom. The third-order valence-electron chi connectivity index (χ3n) is 3.13. The first kappa shape index (κ1) is 11.6. The molecule has 0 bridgehead atoms.